The molecule has 2 heterocycles. The zero-order valence-electron chi connectivity index (χ0n) is 9.80. The van der Waals surface area contributed by atoms with Gasteiger partial charge in [-0.25, -0.2) is 0 Å². The minimum Gasteiger partial charge on any atom is -0.390 e. The van der Waals surface area contributed by atoms with Gasteiger partial charge in [-0.3, -0.25) is 4.90 Å². The number of aliphatic hydroxyl groups is 1. The summed E-state index contributed by atoms with van der Waals surface area (Å²) in [6, 6.07) is 3.91. The van der Waals surface area contributed by atoms with Gasteiger partial charge in [0.15, 0.2) is 0 Å². The molecule has 1 atom stereocenters. The molecule has 0 aliphatic carbocycles. The fraction of sp³-hybridized carbons (Fsp3) is 0.667. The van der Waals surface area contributed by atoms with Crippen molar-refractivity contribution < 1.29 is 9.84 Å². The van der Waals surface area contributed by atoms with Crippen LogP contribution in [-0.2, 0) is 17.9 Å². The van der Waals surface area contributed by atoms with Crippen LogP contribution >= 0.6 is 0 Å². The minimum absolute atomic E-state index is 0.0945. The highest BCUT2D eigenvalue weighted by Gasteiger charge is 2.19. The molecule has 0 radical (unpaired) electrons. The summed E-state index contributed by atoms with van der Waals surface area (Å²) < 4.78 is 7.81. The highest BCUT2D eigenvalue weighted by Crippen LogP contribution is 2.10. The van der Waals surface area contributed by atoms with Gasteiger partial charge in [-0.15, -0.1) is 0 Å². The molecule has 0 amide bonds. The predicted octanol–water partition coefficient (Wildman–Crippen LogP) is 0.701. The lowest BCUT2D eigenvalue weighted by atomic mass is 10.2. The molecule has 1 N–H and O–H groups in total. The number of aromatic nitrogens is 1. The molecule has 4 heteroatoms. The average Bonchev–Trinajstić information content (AvgIpc) is 2.76. The third kappa shape index (κ3) is 2.64. The maximum atomic E-state index is 9.16. The van der Waals surface area contributed by atoms with Gasteiger partial charge in [-0.05, 0) is 18.7 Å². The van der Waals surface area contributed by atoms with Crippen LogP contribution in [0.5, 0.6) is 0 Å². The Balaban J connectivity index is 1.93. The highest BCUT2D eigenvalue weighted by atomic mass is 16.5. The smallest absolute Gasteiger partial charge is 0.0881 e. The molecule has 1 aliphatic heterocycles. The molecule has 1 aromatic heterocycles. The van der Waals surface area contributed by atoms with Crippen molar-refractivity contribution in [2.45, 2.75) is 26.2 Å². The molecule has 4 nitrogen and oxygen atoms in total. The first kappa shape index (κ1) is 11.6. The van der Waals surface area contributed by atoms with E-state index < -0.39 is 0 Å². The monoisotopic (exact) mass is 224 g/mol. The summed E-state index contributed by atoms with van der Waals surface area (Å²) in [6.45, 7) is 7.02. The molecule has 0 spiro atoms. The first-order valence-electron chi connectivity index (χ1n) is 5.92. The number of aliphatic hydroxyl groups excluding tert-OH is 1. The lowest BCUT2D eigenvalue weighted by molar-refractivity contribution is -0.0348. The standard InChI is InChI=1S/C12H20N2O2/c1-2-13-6-7-16-12(8-13)9-14-5-3-4-11(14)10-15/h3-5,12,15H,2,6-10H2,1H3. The normalized spacial score (nSPS) is 22.5. The number of nitrogens with zero attached hydrogens (tertiary/aromatic N) is 2. The van der Waals surface area contributed by atoms with E-state index in [4.69, 9.17) is 9.84 Å². The summed E-state index contributed by atoms with van der Waals surface area (Å²) in [4.78, 5) is 2.40. The van der Waals surface area contributed by atoms with Gasteiger partial charge in [0.2, 0.25) is 0 Å². The van der Waals surface area contributed by atoms with E-state index in [1.54, 1.807) is 0 Å². The number of ether oxygens (including phenoxy) is 1. The van der Waals surface area contributed by atoms with Gasteiger partial charge in [0.25, 0.3) is 0 Å². The van der Waals surface area contributed by atoms with E-state index in [0.717, 1.165) is 38.5 Å². The molecule has 1 saturated heterocycles. The fourth-order valence-corrected chi connectivity index (χ4v) is 2.17. The summed E-state index contributed by atoms with van der Waals surface area (Å²) in [5.41, 5.74) is 0.956. The van der Waals surface area contributed by atoms with Gasteiger partial charge in [0.05, 0.1) is 19.3 Å². The Bertz CT molecular complexity index is 325. The van der Waals surface area contributed by atoms with Crippen molar-refractivity contribution in [1.29, 1.82) is 0 Å². The molecule has 16 heavy (non-hydrogen) atoms. The zero-order valence-corrected chi connectivity index (χ0v) is 9.80. The van der Waals surface area contributed by atoms with Crippen LogP contribution in [0.25, 0.3) is 0 Å². The van der Waals surface area contributed by atoms with Crippen LogP contribution in [0.15, 0.2) is 18.3 Å². The molecule has 1 aliphatic rings. The van der Waals surface area contributed by atoms with Crippen LogP contribution in [-0.4, -0.2) is 46.9 Å². The van der Waals surface area contributed by atoms with E-state index in [1.165, 1.54) is 0 Å². The Morgan fingerprint density at radius 3 is 3.19 bits per heavy atom. The topological polar surface area (TPSA) is 37.6 Å². The second-order valence-electron chi connectivity index (χ2n) is 4.20. The summed E-state index contributed by atoms with van der Waals surface area (Å²) in [5.74, 6) is 0. The van der Waals surface area contributed by atoms with Gasteiger partial charge in [-0.1, -0.05) is 6.92 Å². The second-order valence-corrected chi connectivity index (χ2v) is 4.20. The van der Waals surface area contributed by atoms with Gasteiger partial charge in [0, 0.05) is 31.5 Å². The van der Waals surface area contributed by atoms with Gasteiger partial charge < -0.3 is 14.4 Å². The van der Waals surface area contributed by atoms with Crippen LogP contribution in [0, 0.1) is 0 Å². The summed E-state index contributed by atoms with van der Waals surface area (Å²) >= 11 is 0. The molecular weight excluding hydrogens is 204 g/mol. The van der Waals surface area contributed by atoms with E-state index in [-0.39, 0.29) is 12.7 Å². The minimum atomic E-state index is 0.0945. The van der Waals surface area contributed by atoms with Gasteiger partial charge >= 0.3 is 0 Å². The first-order valence-corrected chi connectivity index (χ1v) is 5.92. The lowest BCUT2D eigenvalue weighted by Gasteiger charge is -2.32. The lowest BCUT2D eigenvalue weighted by Crippen LogP contribution is -2.44. The van der Waals surface area contributed by atoms with Crippen molar-refractivity contribution in [3.05, 3.63) is 24.0 Å². The Morgan fingerprint density at radius 2 is 2.44 bits per heavy atom. The van der Waals surface area contributed by atoms with Crippen LogP contribution in [0.1, 0.15) is 12.6 Å². The summed E-state index contributed by atoms with van der Waals surface area (Å²) in [7, 11) is 0. The Kier molecular flexibility index (Phi) is 3.98. The van der Waals surface area contributed by atoms with Crippen molar-refractivity contribution in [3.8, 4) is 0 Å². The van der Waals surface area contributed by atoms with Gasteiger partial charge in [-0.2, -0.15) is 0 Å². The molecule has 0 saturated carbocycles. The quantitative estimate of drug-likeness (QED) is 0.818. The molecule has 1 fully saturated rings. The van der Waals surface area contributed by atoms with Crippen LogP contribution in [0.3, 0.4) is 0 Å². The Hall–Kier alpha value is -0.840. The first-order chi connectivity index (χ1) is 7.83. The van der Waals surface area contributed by atoms with Crippen molar-refractivity contribution in [2.75, 3.05) is 26.2 Å². The molecule has 90 valence electrons. The van der Waals surface area contributed by atoms with E-state index in [1.807, 2.05) is 18.3 Å². The third-order valence-electron chi connectivity index (χ3n) is 3.16. The Morgan fingerprint density at radius 1 is 1.56 bits per heavy atom. The predicted molar refractivity (Wildman–Crippen MR) is 62.2 cm³/mol. The number of likely N-dealkylation sites (N-methyl/N-ethyl adjacent to an activating group) is 1. The van der Waals surface area contributed by atoms with Gasteiger partial charge in [0.1, 0.15) is 0 Å². The van der Waals surface area contributed by atoms with Crippen LogP contribution in [0.2, 0.25) is 0 Å². The van der Waals surface area contributed by atoms with Crippen molar-refractivity contribution >= 4 is 0 Å². The molecule has 1 unspecified atom stereocenters. The fourth-order valence-electron chi connectivity index (χ4n) is 2.17. The summed E-state index contributed by atoms with van der Waals surface area (Å²) in [5, 5.41) is 9.16. The maximum absolute atomic E-state index is 9.16. The van der Waals surface area contributed by atoms with E-state index in [2.05, 4.69) is 16.4 Å². The second kappa shape index (κ2) is 5.48. The van der Waals surface area contributed by atoms with E-state index in [9.17, 15) is 0 Å². The molecule has 2 rings (SSSR count). The number of rotatable bonds is 4. The van der Waals surface area contributed by atoms with Crippen molar-refractivity contribution in [2.24, 2.45) is 0 Å². The highest BCUT2D eigenvalue weighted by molar-refractivity contribution is 5.06. The van der Waals surface area contributed by atoms with Crippen molar-refractivity contribution in [1.82, 2.24) is 9.47 Å². The Labute approximate surface area is 96.4 Å². The molecule has 1 aromatic rings. The number of morpholine rings is 1. The van der Waals surface area contributed by atoms with Crippen LogP contribution in [0.4, 0.5) is 0 Å². The molecule has 0 bridgehead atoms. The molecule has 0 aromatic carbocycles. The largest absolute Gasteiger partial charge is 0.390 e. The zero-order chi connectivity index (χ0) is 11.4. The molecular formula is C12H20N2O2. The van der Waals surface area contributed by atoms with Crippen molar-refractivity contribution in [3.63, 3.8) is 0 Å². The number of hydrogen-bond acceptors (Lipinski definition) is 3. The van der Waals surface area contributed by atoms with E-state index in [0.29, 0.717) is 0 Å². The third-order valence-corrected chi connectivity index (χ3v) is 3.16. The van der Waals surface area contributed by atoms with E-state index >= 15 is 0 Å². The number of hydrogen-bond donors (Lipinski definition) is 1. The average molecular weight is 224 g/mol. The summed E-state index contributed by atoms with van der Waals surface area (Å²) in [6.07, 6.45) is 2.24. The SMILES string of the molecule is CCN1CCOC(Cn2cccc2CO)C1. The maximum Gasteiger partial charge on any atom is 0.0881 e. The van der Waals surface area contributed by atoms with Crippen LogP contribution < -0.4 is 0 Å².